The van der Waals surface area contributed by atoms with E-state index in [1.807, 2.05) is 18.2 Å². The number of rotatable bonds is 6. The van der Waals surface area contributed by atoms with E-state index in [0.29, 0.717) is 13.0 Å². The number of hydrogen-bond donors (Lipinski definition) is 1. The Bertz CT molecular complexity index is 1030. The van der Waals surface area contributed by atoms with Gasteiger partial charge in [-0.1, -0.05) is 54.6 Å². The maximum absolute atomic E-state index is 10.6. The van der Waals surface area contributed by atoms with Crippen molar-refractivity contribution in [2.24, 2.45) is 0 Å². The third kappa shape index (κ3) is 2.98. The van der Waals surface area contributed by atoms with Gasteiger partial charge in [-0.15, -0.1) is 0 Å². The van der Waals surface area contributed by atoms with Gasteiger partial charge in [-0.25, -0.2) is 4.98 Å². The number of carbonyl (C=O) groups excluding carboxylic acids is 1. The van der Waals surface area contributed by atoms with Crippen LogP contribution in [-0.2, 0) is 17.8 Å². The zero-order valence-corrected chi connectivity index (χ0v) is 13.9. The van der Waals surface area contributed by atoms with Gasteiger partial charge >= 0.3 is 0 Å². The van der Waals surface area contributed by atoms with Gasteiger partial charge in [0.15, 0.2) is 0 Å². The summed E-state index contributed by atoms with van der Waals surface area (Å²) >= 11 is 0. The minimum Gasteiger partial charge on any atom is -0.358 e. The lowest BCUT2D eigenvalue weighted by atomic mass is 10.0. The van der Waals surface area contributed by atoms with E-state index in [1.165, 1.54) is 16.3 Å². The van der Waals surface area contributed by atoms with Gasteiger partial charge in [0.2, 0.25) is 6.41 Å². The standard InChI is InChI=1S/C21H19N3O/c25-15-22-13-12-21-23-19-10-3-4-11-20(19)24(21)14-17-8-5-7-16-6-1-2-9-18(16)17/h1-11,15H,12-14H2,(H,22,25). The third-order valence-electron chi connectivity index (χ3n) is 4.52. The Labute approximate surface area is 146 Å². The highest BCUT2D eigenvalue weighted by atomic mass is 16.1. The monoisotopic (exact) mass is 329 g/mol. The lowest BCUT2D eigenvalue weighted by Crippen LogP contribution is -2.17. The molecule has 4 heteroatoms. The van der Waals surface area contributed by atoms with Crippen LogP contribution in [-0.4, -0.2) is 22.5 Å². The van der Waals surface area contributed by atoms with Gasteiger partial charge in [-0.05, 0) is 28.5 Å². The summed E-state index contributed by atoms with van der Waals surface area (Å²) in [7, 11) is 0. The molecular weight excluding hydrogens is 310 g/mol. The van der Waals surface area contributed by atoms with Crippen LogP contribution < -0.4 is 5.32 Å². The Kier molecular flexibility index (Phi) is 4.17. The molecule has 124 valence electrons. The van der Waals surface area contributed by atoms with Crippen molar-refractivity contribution in [3.05, 3.63) is 78.1 Å². The second-order valence-corrected chi connectivity index (χ2v) is 6.06. The van der Waals surface area contributed by atoms with Crippen LogP contribution in [0.4, 0.5) is 0 Å². The smallest absolute Gasteiger partial charge is 0.207 e. The lowest BCUT2D eigenvalue weighted by molar-refractivity contribution is -0.109. The maximum Gasteiger partial charge on any atom is 0.207 e. The summed E-state index contributed by atoms with van der Waals surface area (Å²) in [5, 5.41) is 5.24. The van der Waals surface area contributed by atoms with Gasteiger partial charge in [0, 0.05) is 19.5 Å². The van der Waals surface area contributed by atoms with Crippen LogP contribution in [0.25, 0.3) is 21.8 Å². The van der Waals surface area contributed by atoms with Crippen LogP contribution in [0, 0.1) is 0 Å². The topological polar surface area (TPSA) is 46.9 Å². The summed E-state index contributed by atoms with van der Waals surface area (Å²) < 4.78 is 2.25. The van der Waals surface area contributed by atoms with Crippen LogP contribution in [0.1, 0.15) is 11.4 Å². The molecule has 4 nitrogen and oxygen atoms in total. The van der Waals surface area contributed by atoms with E-state index in [-0.39, 0.29) is 0 Å². The second kappa shape index (κ2) is 6.77. The fourth-order valence-corrected chi connectivity index (χ4v) is 3.34. The number of nitrogens with one attached hydrogen (secondary N) is 1. The first-order valence-corrected chi connectivity index (χ1v) is 8.44. The van der Waals surface area contributed by atoms with E-state index in [2.05, 4.69) is 58.4 Å². The van der Waals surface area contributed by atoms with Crippen LogP contribution in [0.3, 0.4) is 0 Å². The second-order valence-electron chi connectivity index (χ2n) is 6.06. The summed E-state index contributed by atoms with van der Waals surface area (Å²) in [6.45, 7) is 1.35. The third-order valence-corrected chi connectivity index (χ3v) is 4.52. The highest BCUT2D eigenvalue weighted by Crippen LogP contribution is 2.23. The van der Waals surface area contributed by atoms with Crippen molar-refractivity contribution in [3.8, 4) is 0 Å². The van der Waals surface area contributed by atoms with E-state index >= 15 is 0 Å². The number of fused-ring (bicyclic) bond motifs is 2. The molecule has 0 atom stereocenters. The van der Waals surface area contributed by atoms with Gasteiger partial charge in [-0.2, -0.15) is 0 Å². The van der Waals surface area contributed by atoms with Crippen molar-refractivity contribution < 1.29 is 4.79 Å². The van der Waals surface area contributed by atoms with E-state index in [0.717, 1.165) is 29.8 Å². The van der Waals surface area contributed by atoms with E-state index < -0.39 is 0 Å². The highest BCUT2D eigenvalue weighted by molar-refractivity contribution is 5.86. The minimum atomic E-state index is 0.586. The number of amides is 1. The van der Waals surface area contributed by atoms with E-state index in [9.17, 15) is 4.79 Å². The Morgan fingerprint density at radius 1 is 0.960 bits per heavy atom. The van der Waals surface area contributed by atoms with Gasteiger partial charge < -0.3 is 9.88 Å². The summed E-state index contributed by atoms with van der Waals surface area (Å²) in [5.41, 5.74) is 3.38. The van der Waals surface area contributed by atoms with Gasteiger partial charge in [0.05, 0.1) is 11.0 Å². The SMILES string of the molecule is O=CNCCc1nc2ccccc2n1Cc1cccc2ccccc12. The quantitative estimate of drug-likeness (QED) is 0.434. The van der Waals surface area contributed by atoms with Gasteiger partial charge in [0.1, 0.15) is 5.82 Å². The number of aromatic nitrogens is 2. The molecule has 0 saturated carbocycles. The molecule has 1 heterocycles. The normalized spacial score (nSPS) is 11.0. The molecule has 0 bridgehead atoms. The molecule has 0 unspecified atom stereocenters. The molecule has 0 aliphatic carbocycles. The van der Waals surface area contributed by atoms with Crippen molar-refractivity contribution in [2.45, 2.75) is 13.0 Å². The Morgan fingerprint density at radius 2 is 1.76 bits per heavy atom. The van der Waals surface area contributed by atoms with Crippen molar-refractivity contribution in [2.75, 3.05) is 6.54 Å². The van der Waals surface area contributed by atoms with Crippen molar-refractivity contribution in [1.82, 2.24) is 14.9 Å². The molecule has 1 amide bonds. The Morgan fingerprint density at radius 3 is 2.68 bits per heavy atom. The zero-order valence-electron chi connectivity index (χ0n) is 13.9. The first-order valence-electron chi connectivity index (χ1n) is 8.44. The molecule has 0 radical (unpaired) electrons. The molecule has 0 saturated heterocycles. The van der Waals surface area contributed by atoms with Gasteiger partial charge in [0.25, 0.3) is 0 Å². The summed E-state index contributed by atoms with van der Waals surface area (Å²) in [6, 6.07) is 23.0. The Balaban J connectivity index is 1.79. The highest BCUT2D eigenvalue weighted by Gasteiger charge is 2.11. The fraction of sp³-hybridized carbons (Fsp3) is 0.143. The predicted molar refractivity (Wildman–Crippen MR) is 101 cm³/mol. The number of hydrogen-bond acceptors (Lipinski definition) is 2. The number of benzene rings is 3. The average Bonchev–Trinajstić information content (AvgIpc) is 3.00. The van der Waals surface area contributed by atoms with Crippen molar-refractivity contribution >= 4 is 28.2 Å². The summed E-state index contributed by atoms with van der Waals surface area (Å²) in [6.07, 6.45) is 1.44. The molecule has 4 aromatic rings. The first-order chi connectivity index (χ1) is 12.4. The van der Waals surface area contributed by atoms with Crippen molar-refractivity contribution in [3.63, 3.8) is 0 Å². The summed E-state index contributed by atoms with van der Waals surface area (Å²) in [5.74, 6) is 0.989. The van der Waals surface area contributed by atoms with Crippen molar-refractivity contribution in [1.29, 1.82) is 0 Å². The average molecular weight is 329 g/mol. The van der Waals surface area contributed by atoms with Gasteiger partial charge in [-0.3, -0.25) is 4.79 Å². The lowest BCUT2D eigenvalue weighted by Gasteiger charge is -2.12. The van der Waals surface area contributed by atoms with Crippen LogP contribution >= 0.6 is 0 Å². The predicted octanol–water partition coefficient (Wildman–Crippen LogP) is 3.53. The number of nitrogens with zero attached hydrogens (tertiary/aromatic N) is 2. The molecule has 25 heavy (non-hydrogen) atoms. The largest absolute Gasteiger partial charge is 0.358 e. The summed E-state index contributed by atoms with van der Waals surface area (Å²) in [4.78, 5) is 15.3. The minimum absolute atomic E-state index is 0.586. The number of carbonyl (C=O) groups is 1. The fourth-order valence-electron chi connectivity index (χ4n) is 3.34. The molecule has 4 rings (SSSR count). The van der Waals surface area contributed by atoms with E-state index in [4.69, 9.17) is 4.98 Å². The Hall–Kier alpha value is -3.14. The number of imidazole rings is 1. The first kappa shape index (κ1) is 15.4. The maximum atomic E-state index is 10.6. The molecule has 0 spiro atoms. The van der Waals surface area contributed by atoms with E-state index in [1.54, 1.807) is 0 Å². The molecule has 0 aliphatic rings. The molecule has 3 aromatic carbocycles. The molecule has 1 N–H and O–H groups in total. The zero-order chi connectivity index (χ0) is 17.1. The number of para-hydroxylation sites is 2. The van der Waals surface area contributed by atoms with Crippen LogP contribution in [0.5, 0.6) is 0 Å². The molecule has 0 aliphatic heterocycles. The molecule has 0 fully saturated rings. The van der Waals surface area contributed by atoms with Crippen LogP contribution in [0.15, 0.2) is 66.7 Å². The molecule has 1 aromatic heterocycles. The molecular formula is C21H19N3O. The van der Waals surface area contributed by atoms with Crippen LogP contribution in [0.2, 0.25) is 0 Å².